The molecule has 1 aromatic rings. The molecule has 142 valence electrons. The summed E-state index contributed by atoms with van der Waals surface area (Å²) in [5.41, 5.74) is 0.923. The number of halogens is 1. The molecule has 1 aliphatic heterocycles. The Bertz CT molecular complexity index is 725. The van der Waals surface area contributed by atoms with Crippen molar-refractivity contribution in [2.75, 3.05) is 19.6 Å². The summed E-state index contributed by atoms with van der Waals surface area (Å²) in [6, 6.07) is 2.67. The molecule has 5 nitrogen and oxygen atoms in total. The maximum absolute atomic E-state index is 14.3. The summed E-state index contributed by atoms with van der Waals surface area (Å²) in [5.74, 6) is -0.915. The van der Waals surface area contributed by atoms with Crippen LogP contribution in [0.15, 0.2) is 18.7 Å². The summed E-state index contributed by atoms with van der Waals surface area (Å²) in [4.78, 5) is 28.2. The molecule has 0 N–H and O–H groups in total. The third-order valence-electron chi connectivity index (χ3n) is 4.35. The van der Waals surface area contributed by atoms with Crippen molar-refractivity contribution in [3.05, 3.63) is 41.2 Å². The highest BCUT2D eigenvalue weighted by molar-refractivity contribution is 5.95. The van der Waals surface area contributed by atoms with Crippen molar-refractivity contribution in [1.29, 1.82) is 0 Å². The molecule has 26 heavy (non-hydrogen) atoms. The van der Waals surface area contributed by atoms with Crippen LogP contribution in [0.25, 0.3) is 6.08 Å². The number of hydrogen-bond acceptors (Lipinski definition) is 3. The highest BCUT2D eigenvalue weighted by Gasteiger charge is 2.33. The average Bonchev–Trinajstić information content (AvgIpc) is 2.52. The lowest BCUT2D eigenvalue weighted by Crippen LogP contribution is -2.56. The second-order valence-electron chi connectivity index (χ2n) is 7.67. The molecule has 0 saturated carbocycles. The minimum absolute atomic E-state index is 0.0309. The smallest absolute Gasteiger partial charge is 0.410 e. The number of hydrogen-bond donors (Lipinski definition) is 0. The molecule has 0 unspecified atom stereocenters. The lowest BCUT2D eigenvalue weighted by atomic mass is 10.0. The Morgan fingerprint density at radius 1 is 1.31 bits per heavy atom. The van der Waals surface area contributed by atoms with Gasteiger partial charge in [0, 0.05) is 25.7 Å². The fourth-order valence-electron chi connectivity index (χ4n) is 2.98. The quantitative estimate of drug-likeness (QED) is 0.803. The molecular formula is C20H27FN2O3. The van der Waals surface area contributed by atoms with Gasteiger partial charge in [0.15, 0.2) is 0 Å². The van der Waals surface area contributed by atoms with Gasteiger partial charge in [-0.05, 0) is 57.9 Å². The Morgan fingerprint density at radius 3 is 2.50 bits per heavy atom. The molecule has 1 aliphatic rings. The van der Waals surface area contributed by atoms with Crippen LogP contribution in [0.3, 0.4) is 0 Å². The molecule has 0 radical (unpaired) electrons. The summed E-state index contributed by atoms with van der Waals surface area (Å²) in [5, 5.41) is 0. The molecule has 1 saturated heterocycles. The minimum atomic E-state index is -0.574. The second kappa shape index (κ2) is 7.48. The van der Waals surface area contributed by atoms with Crippen molar-refractivity contribution in [3.8, 4) is 0 Å². The first kappa shape index (κ1) is 19.9. The Balaban J connectivity index is 2.12. The van der Waals surface area contributed by atoms with E-state index in [0.29, 0.717) is 19.6 Å². The van der Waals surface area contributed by atoms with Crippen molar-refractivity contribution in [2.24, 2.45) is 0 Å². The van der Waals surface area contributed by atoms with Crippen molar-refractivity contribution in [2.45, 2.75) is 46.3 Å². The van der Waals surface area contributed by atoms with Gasteiger partial charge >= 0.3 is 6.09 Å². The van der Waals surface area contributed by atoms with Crippen LogP contribution in [0.2, 0.25) is 0 Å². The number of carbonyl (C=O) groups is 2. The third-order valence-corrected chi connectivity index (χ3v) is 4.35. The fourth-order valence-corrected chi connectivity index (χ4v) is 2.98. The van der Waals surface area contributed by atoms with Gasteiger partial charge in [0.25, 0.3) is 5.91 Å². The van der Waals surface area contributed by atoms with Crippen LogP contribution in [-0.4, -0.2) is 53.1 Å². The molecule has 1 aromatic carbocycles. The lowest BCUT2D eigenvalue weighted by molar-refractivity contribution is 0.00190. The van der Waals surface area contributed by atoms with Crippen LogP contribution in [-0.2, 0) is 4.74 Å². The van der Waals surface area contributed by atoms with E-state index >= 15 is 0 Å². The fraction of sp³-hybridized carbons (Fsp3) is 0.500. The summed E-state index contributed by atoms with van der Waals surface area (Å²) in [7, 11) is 0. The van der Waals surface area contributed by atoms with Crippen molar-refractivity contribution < 1.29 is 18.7 Å². The number of rotatable bonds is 2. The van der Waals surface area contributed by atoms with Crippen LogP contribution < -0.4 is 0 Å². The molecule has 2 rings (SSSR count). The van der Waals surface area contributed by atoms with Crippen molar-refractivity contribution >= 4 is 18.1 Å². The molecule has 0 aromatic heterocycles. The molecule has 0 bridgehead atoms. The summed E-state index contributed by atoms with van der Waals surface area (Å²) < 4.78 is 19.7. The Kier molecular flexibility index (Phi) is 5.74. The SMILES string of the molecule is C=Cc1cc(C(=O)N2CCN(C(=O)OC(C)(C)C)[C@H](C)C2)c(F)cc1C. The molecule has 1 atom stereocenters. The number of carbonyl (C=O) groups excluding carboxylic acids is 2. The molecule has 0 aliphatic carbocycles. The molecule has 6 heteroatoms. The standard InChI is InChI=1S/C20H27FN2O3/c1-7-15-11-16(17(21)10-13(15)2)18(24)22-8-9-23(14(3)12-22)19(25)26-20(4,5)6/h7,10-11,14H,1,8-9,12H2,2-6H3/t14-/m1/s1. The predicted molar refractivity (Wildman–Crippen MR) is 99.5 cm³/mol. The zero-order valence-corrected chi connectivity index (χ0v) is 16.1. The topological polar surface area (TPSA) is 49.9 Å². The van der Waals surface area contributed by atoms with Gasteiger partial charge in [0.2, 0.25) is 0 Å². The van der Waals surface area contributed by atoms with E-state index < -0.39 is 17.5 Å². The first-order valence-corrected chi connectivity index (χ1v) is 8.75. The molecular weight excluding hydrogens is 335 g/mol. The Labute approximate surface area is 154 Å². The van der Waals surface area contributed by atoms with Crippen molar-refractivity contribution in [1.82, 2.24) is 9.80 Å². The number of nitrogens with zero attached hydrogens (tertiary/aromatic N) is 2. The van der Waals surface area contributed by atoms with Gasteiger partial charge in [-0.15, -0.1) is 0 Å². The van der Waals surface area contributed by atoms with E-state index in [0.717, 1.165) is 11.1 Å². The van der Waals surface area contributed by atoms with Crippen LogP contribution in [0.4, 0.5) is 9.18 Å². The van der Waals surface area contributed by atoms with Crippen LogP contribution in [0.1, 0.15) is 49.2 Å². The molecule has 2 amide bonds. The summed E-state index contributed by atoms with van der Waals surface area (Å²) in [6.45, 7) is 13.8. The Hall–Kier alpha value is -2.37. The average molecular weight is 362 g/mol. The minimum Gasteiger partial charge on any atom is -0.444 e. The molecule has 0 spiro atoms. The third kappa shape index (κ3) is 4.42. The van der Waals surface area contributed by atoms with E-state index in [1.165, 1.54) is 12.1 Å². The highest BCUT2D eigenvalue weighted by Crippen LogP contribution is 2.21. The van der Waals surface area contributed by atoms with Crippen LogP contribution in [0, 0.1) is 12.7 Å². The maximum atomic E-state index is 14.3. The maximum Gasteiger partial charge on any atom is 0.410 e. The first-order chi connectivity index (χ1) is 12.0. The molecule has 1 heterocycles. The number of amides is 2. The zero-order valence-electron chi connectivity index (χ0n) is 16.1. The number of aryl methyl sites for hydroxylation is 1. The second-order valence-corrected chi connectivity index (χ2v) is 7.67. The summed E-state index contributed by atoms with van der Waals surface area (Å²) >= 11 is 0. The largest absolute Gasteiger partial charge is 0.444 e. The van der Waals surface area contributed by atoms with Gasteiger partial charge in [-0.2, -0.15) is 0 Å². The number of benzene rings is 1. The predicted octanol–water partition coefficient (Wildman–Crippen LogP) is 3.86. The van der Waals surface area contributed by atoms with E-state index in [4.69, 9.17) is 4.74 Å². The van der Waals surface area contributed by atoms with Crippen LogP contribution >= 0.6 is 0 Å². The van der Waals surface area contributed by atoms with E-state index in [9.17, 15) is 14.0 Å². The van der Waals surface area contributed by atoms with E-state index in [1.807, 2.05) is 27.7 Å². The number of ether oxygens (including phenoxy) is 1. The van der Waals surface area contributed by atoms with Gasteiger partial charge < -0.3 is 14.5 Å². The lowest BCUT2D eigenvalue weighted by Gasteiger charge is -2.40. The van der Waals surface area contributed by atoms with E-state index in [2.05, 4.69) is 6.58 Å². The van der Waals surface area contributed by atoms with Gasteiger partial charge in [0.05, 0.1) is 5.56 Å². The number of piperazine rings is 1. The van der Waals surface area contributed by atoms with Crippen molar-refractivity contribution in [3.63, 3.8) is 0 Å². The van der Waals surface area contributed by atoms with E-state index in [-0.39, 0.29) is 17.5 Å². The van der Waals surface area contributed by atoms with Gasteiger partial charge in [0.1, 0.15) is 11.4 Å². The first-order valence-electron chi connectivity index (χ1n) is 8.75. The summed E-state index contributed by atoms with van der Waals surface area (Å²) in [6.07, 6.45) is 1.21. The van der Waals surface area contributed by atoms with E-state index in [1.54, 1.807) is 22.8 Å². The van der Waals surface area contributed by atoms with Gasteiger partial charge in [-0.1, -0.05) is 12.7 Å². The van der Waals surface area contributed by atoms with Crippen LogP contribution in [0.5, 0.6) is 0 Å². The Morgan fingerprint density at radius 2 is 1.96 bits per heavy atom. The zero-order chi connectivity index (χ0) is 19.6. The normalized spacial score (nSPS) is 17.8. The van der Waals surface area contributed by atoms with Gasteiger partial charge in [-0.3, -0.25) is 4.79 Å². The molecule has 1 fully saturated rings. The van der Waals surface area contributed by atoms with Gasteiger partial charge in [-0.25, -0.2) is 9.18 Å². The highest BCUT2D eigenvalue weighted by atomic mass is 19.1. The monoisotopic (exact) mass is 362 g/mol.